The van der Waals surface area contributed by atoms with Crippen LogP contribution in [-0.2, 0) is 5.41 Å². The van der Waals surface area contributed by atoms with Crippen molar-refractivity contribution in [2.45, 2.75) is 12.3 Å². The van der Waals surface area contributed by atoms with Crippen molar-refractivity contribution in [3.8, 4) is 56.0 Å². The van der Waals surface area contributed by atoms with Gasteiger partial charge in [0.05, 0.1) is 39.0 Å². The second-order valence-corrected chi connectivity index (χ2v) is 17.9. The van der Waals surface area contributed by atoms with Crippen LogP contribution in [0.4, 0.5) is 11.4 Å². The molecule has 67 heavy (non-hydrogen) atoms. The van der Waals surface area contributed by atoms with Crippen LogP contribution in [0.5, 0.6) is 0 Å². The highest BCUT2D eigenvalue weighted by molar-refractivity contribution is 6.13. The number of hydrogen-bond acceptors (Lipinski definition) is 1. The Balaban J connectivity index is 1.07. The lowest BCUT2D eigenvalue weighted by atomic mass is 9.70. The number of benzene rings is 9. The number of hydrogen-bond donors (Lipinski definition) is 0. The van der Waals surface area contributed by atoms with Crippen LogP contribution in [0, 0.1) is 0 Å². The van der Waals surface area contributed by atoms with Crippen molar-refractivity contribution in [3.05, 3.63) is 265 Å². The Morgan fingerprint density at radius 1 is 0.433 bits per heavy atom. The highest BCUT2D eigenvalue weighted by Gasteiger charge is 2.52. The van der Waals surface area contributed by atoms with Crippen molar-refractivity contribution in [2.24, 2.45) is 0 Å². The van der Waals surface area contributed by atoms with Gasteiger partial charge in [0.25, 0.3) is 0 Å². The molecule has 1 spiro atoms. The largest absolute Gasteiger partial charge is 0.310 e. The molecule has 0 unspecified atom stereocenters. The summed E-state index contributed by atoms with van der Waals surface area (Å²) in [6.07, 6.45) is 8.22. The number of anilines is 2. The van der Waals surface area contributed by atoms with Gasteiger partial charge in [-0.2, -0.15) is 0 Å². The van der Waals surface area contributed by atoms with Gasteiger partial charge < -0.3 is 14.0 Å². The van der Waals surface area contributed by atoms with E-state index in [4.69, 9.17) is 0 Å². The molecule has 9 aromatic carbocycles. The Morgan fingerprint density at radius 3 is 1.46 bits per heavy atom. The Morgan fingerprint density at radius 2 is 0.881 bits per heavy atom. The van der Waals surface area contributed by atoms with E-state index in [9.17, 15) is 0 Å². The summed E-state index contributed by atoms with van der Waals surface area (Å²) >= 11 is 0. The van der Waals surface area contributed by atoms with Crippen LogP contribution < -0.4 is 4.90 Å². The number of aromatic nitrogens is 2. The molecule has 314 valence electrons. The molecule has 0 bridgehead atoms. The van der Waals surface area contributed by atoms with Crippen LogP contribution in [0.15, 0.2) is 243 Å². The fourth-order valence-corrected chi connectivity index (χ4v) is 12.3. The Hall–Kier alpha value is -8.66. The van der Waals surface area contributed by atoms with E-state index in [2.05, 4.69) is 246 Å². The summed E-state index contributed by atoms with van der Waals surface area (Å²) < 4.78 is 5.01. The topological polar surface area (TPSA) is 13.1 Å². The lowest BCUT2D eigenvalue weighted by Gasteiger charge is -2.31. The summed E-state index contributed by atoms with van der Waals surface area (Å²) in [6.45, 7) is 6.13. The van der Waals surface area contributed by atoms with E-state index in [1.807, 2.05) is 12.2 Å². The maximum atomic E-state index is 4.01. The minimum Gasteiger partial charge on any atom is -0.310 e. The van der Waals surface area contributed by atoms with E-state index < -0.39 is 5.41 Å². The number of rotatable bonds is 5. The second kappa shape index (κ2) is 14.2. The summed E-state index contributed by atoms with van der Waals surface area (Å²) in [5.41, 5.74) is 23.8. The summed E-state index contributed by atoms with van der Waals surface area (Å²) in [7, 11) is 0. The SMILES string of the molecule is C=C/C=C\C(=C/C)N1c2ccccc2-c2c(n(-c3ccc4c(c3)C3(c5ccccc5-c5ccccc53)c3cc(-n5c6ccccc6c6ccccc65)ccc3-4)c3ccccc23)-c2ccccc21. The van der Waals surface area contributed by atoms with Crippen LogP contribution >= 0.6 is 0 Å². The molecule has 3 heterocycles. The standard InChI is InChI=1S/C64H43N3/c1-3-5-20-41(4-2)65-59-32-17-10-25-50(59)62-51-26-11-18-33-60(51)67(63(62)52-27-12-19-34-61(52)65)43-36-38-47-46-37-35-42(66-57-30-15-8-23-48(57)49-24-9-16-31-58(49)66)39-55(46)64(56(47)40-43)53-28-13-6-21-44(53)45-22-7-14-29-54(45)64/h3-40H,1H2,2H3/b20-5-,41-4+. The van der Waals surface area contributed by atoms with E-state index in [0.29, 0.717) is 0 Å². The fraction of sp³-hybridized carbons (Fsp3) is 0.0312. The molecule has 3 nitrogen and oxygen atoms in total. The maximum Gasteiger partial charge on any atom is 0.0727 e. The van der Waals surface area contributed by atoms with Gasteiger partial charge >= 0.3 is 0 Å². The Labute approximate surface area is 389 Å². The van der Waals surface area contributed by atoms with Gasteiger partial charge in [-0.05, 0) is 112 Å². The van der Waals surface area contributed by atoms with Crippen molar-refractivity contribution < 1.29 is 0 Å². The minimum atomic E-state index is -0.567. The van der Waals surface area contributed by atoms with Gasteiger partial charge in [0, 0.05) is 49.9 Å². The first kappa shape index (κ1) is 37.7. The first-order valence-corrected chi connectivity index (χ1v) is 23.3. The molecule has 0 saturated heterocycles. The Kier molecular flexibility index (Phi) is 7.97. The number of fused-ring (bicyclic) bond motifs is 20. The van der Waals surface area contributed by atoms with E-state index in [0.717, 1.165) is 28.4 Å². The molecule has 2 aromatic heterocycles. The first-order valence-electron chi connectivity index (χ1n) is 23.3. The molecule has 11 aromatic rings. The van der Waals surface area contributed by atoms with Crippen molar-refractivity contribution in [1.82, 2.24) is 9.13 Å². The predicted molar refractivity (Wildman–Crippen MR) is 280 cm³/mol. The van der Waals surface area contributed by atoms with Gasteiger partial charge in [0.1, 0.15) is 0 Å². The van der Waals surface area contributed by atoms with Gasteiger partial charge in [0.2, 0.25) is 0 Å². The lowest BCUT2D eigenvalue weighted by Crippen LogP contribution is -2.26. The molecule has 0 amide bonds. The van der Waals surface area contributed by atoms with Gasteiger partial charge in [-0.25, -0.2) is 0 Å². The highest BCUT2D eigenvalue weighted by atomic mass is 15.2. The maximum absolute atomic E-state index is 4.01. The highest BCUT2D eigenvalue weighted by Crippen LogP contribution is 2.64. The molecular weight excluding hydrogens is 811 g/mol. The molecule has 1 aliphatic heterocycles. The summed E-state index contributed by atoms with van der Waals surface area (Å²) in [4.78, 5) is 2.42. The summed E-state index contributed by atoms with van der Waals surface area (Å²) in [5.74, 6) is 0. The second-order valence-electron chi connectivity index (χ2n) is 17.9. The van der Waals surface area contributed by atoms with E-state index in [1.54, 1.807) is 0 Å². The smallest absolute Gasteiger partial charge is 0.0727 e. The monoisotopic (exact) mass is 853 g/mol. The zero-order valence-electron chi connectivity index (χ0n) is 37.0. The minimum absolute atomic E-state index is 0.567. The molecule has 0 radical (unpaired) electrons. The molecule has 3 aliphatic rings. The molecule has 14 rings (SSSR count). The average Bonchev–Trinajstić information content (AvgIpc) is 4.07. The zero-order chi connectivity index (χ0) is 44.4. The van der Waals surface area contributed by atoms with Crippen LogP contribution in [0.3, 0.4) is 0 Å². The van der Waals surface area contributed by atoms with E-state index >= 15 is 0 Å². The zero-order valence-corrected chi connectivity index (χ0v) is 37.0. The van der Waals surface area contributed by atoms with Gasteiger partial charge in [-0.15, -0.1) is 0 Å². The molecule has 0 saturated carbocycles. The van der Waals surface area contributed by atoms with Gasteiger partial charge in [-0.3, -0.25) is 0 Å². The number of para-hydroxylation sites is 5. The van der Waals surface area contributed by atoms with Crippen LogP contribution in [0.25, 0.3) is 88.7 Å². The van der Waals surface area contributed by atoms with Gasteiger partial charge in [0.15, 0.2) is 0 Å². The quantitative estimate of drug-likeness (QED) is 0.157. The fourth-order valence-electron chi connectivity index (χ4n) is 12.3. The molecule has 0 N–H and O–H groups in total. The van der Waals surface area contributed by atoms with Crippen molar-refractivity contribution in [3.63, 3.8) is 0 Å². The van der Waals surface area contributed by atoms with Crippen molar-refractivity contribution >= 4 is 44.1 Å². The van der Waals surface area contributed by atoms with Crippen LogP contribution in [0.1, 0.15) is 29.2 Å². The van der Waals surface area contributed by atoms with Crippen molar-refractivity contribution in [1.29, 1.82) is 0 Å². The third-order valence-electron chi connectivity index (χ3n) is 14.8. The number of allylic oxidation sites excluding steroid dienone is 4. The van der Waals surface area contributed by atoms with E-state index in [-0.39, 0.29) is 0 Å². The van der Waals surface area contributed by atoms with Crippen LogP contribution in [0.2, 0.25) is 0 Å². The molecule has 0 atom stereocenters. The van der Waals surface area contributed by atoms with Gasteiger partial charge in [-0.1, -0.05) is 176 Å². The third kappa shape index (κ3) is 4.95. The van der Waals surface area contributed by atoms with Crippen molar-refractivity contribution in [2.75, 3.05) is 4.90 Å². The summed E-state index contributed by atoms with van der Waals surface area (Å²) in [5, 5.41) is 3.74. The first-order chi connectivity index (χ1) is 33.2. The molecule has 0 fully saturated rings. The predicted octanol–water partition coefficient (Wildman–Crippen LogP) is 16.5. The molecule has 2 aliphatic carbocycles. The normalized spacial score (nSPS) is 13.9. The average molecular weight is 854 g/mol. The lowest BCUT2D eigenvalue weighted by molar-refractivity contribution is 0.791. The number of nitrogens with zero attached hydrogens (tertiary/aromatic N) is 3. The Bertz CT molecular complexity index is 3880. The molecular formula is C64H43N3. The van der Waals surface area contributed by atoms with Crippen LogP contribution in [-0.4, -0.2) is 9.13 Å². The van der Waals surface area contributed by atoms with E-state index in [1.165, 1.54) is 99.6 Å². The molecule has 3 heteroatoms. The third-order valence-corrected chi connectivity index (χ3v) is 14.8. The summed E-state index contributed by atoms with van der Waals surface area (Å²) in [6, 6.07) is 77.2.